The molecule has 4 nitrogen and oxygen atoms in total. The Balaban J connectivity index is 2.47. The van der Waals surface area contributed by atoms with Crippen LogP contribution in [0.15, 0.2) is 12.1 Å². The van der Waals surface area contributed by atoms with Crippen molar-refractivity contribution >= 4 is 17.4 Å². The molecule has 1 aromatic heterocycles. The van der Waals surface area contributed by atoms with Gasteiger partial charge in [-0.2, -0.15) is 0 Å². The molecule has 78 valence electrons. The Morgan fingerprint density at radius 3 is 2.64 bits per heavy atom. The van der Waals surface area contributed by atoms with Crippen LogP contribution in [0.2, 0.25) is 5.15 Å². The number of hydrogen-bond donors (Lipinski definition) is 1. The van der Waals surface area contributed by atoms with Crippen LogP contribution in [-0.2, 0) is 0 Å². The number of likely N-dealkylation sites (N-methyl/N-ethyl adjacent to an activating group) is 1. The summed E-state index contributed by atoms with van der Waals surface area (Å²) in [5, 5.41) is 11.3. The number of nitrogens with one attached hydrogen (secondary N) is 1. The van der Waals surface area contributed by atoms with E-state index in [4.69, 9.17) is 11.6 Å². The van der Waals surface area contributed by atoms with Crippen LogP contribution in [0.5, 0.6) is 0 Å². The molecular weight excluding hydrogens is 200 g/mol. The summed E-state index contributed by atoms with van der Waals surface area (Å²) in [7, 11) is 4.07. The summed E-state index contributed by atoms with van der Waals surface area (Å²) in [6.45, 7) is 3.04. The van der Waals surface area contributed by atoms with E-state index >= 15 is 0 Å². The molecule has 1 N–H and O–H groups in total. The summed E-state index contributed by atoms with van der Waals surface area (Å²) in [5.74, 6) is 0.753. The predicted octanol–water partition coefficient (Wildman–Crippen LogP) is 1.49. The van der Waals surface area contributed by atoms with Gasteiger partial charge in [0.1, 0.15) is 5.82 Å². The Morgan fingerprint density at radius 1 is 1.43 bits per heavy atom. The highest BCUT2D eigenvalue weighted by atomic mass is 35.5. The van der Waals surface area contributed by atoms with Gasteiger partial charge in [0, 0.05) is 12.6 Å². The fourth-order valence-electron chi connectivity index (χ4n) is 1.24. The maximum absolute atomic E-state index is 5.62. The minimum Gasteiger partial charge on any atom is -0.365 e. The summed E-state index contributed by atoms with van der Waals surface area (Å²) >= 11 is 5.62. The standard InChI is InChI=1S/C9H15ClN4/c1-7(6-14(2)3)11-9-5-4-8(10)12-13-9/h4-5,7H,6H2,1-3H3,(H,11,13). The third-order valence-corrected chi connectivity index (χ3v) is 1.87. The van der Waals surface area contributed by atoms with Crippen molar-refractivity contribution in [2.75, 3.05) is 26.0 Å². The van der Waals surface area contributed by atoms with Gasteiger partial charge in [-0.05, 0) is 33.2 Å². The van der Waals surface area contributed by atoms with Crippen molar-refractivity contribution in [2.24, 2.45) is 0 Å². The van der Waals surface area contributed by atoms with Crippen LogP contribution in [-0.4, -0.2) is 41.8 Å². The van der Waals surface area contributed by atoms with Gasteiger partial charge < -0.3 is 10.2 Å². The number of hydrogen-bond acceptors (Lipinski definition) is 4. The number of nitrogens with zero attached hydrogens (tertiary/aromatic N) is 3. The molecule has 14 heavy (non-hydrogen) atoms. The fourth-order valence-corrected chi connectivity index (χ4v) is 1.34. The zero-order valence-corrected chi connectivity index (χ0v) is 9.41. The van der Waals surface area contributed by atoms with Crippen LogP contribution in [0.1, 0.15) is 6.92 Å². The summed E-state index contributed by atoms with van der Waals surface area (Å²) in [6.07, 6.45) is 0. The molecule has 0 bridgehead atoms. The first-order chi connectivity index (χ1) is 6.58. The van der Waals surface area contributed by atoms with E-state index in [0.717, 1.165) is 12.4 Å². The lowest BCUT2D eigenvalue weighted by atomic mass is 10.3. The van der Waals surface area contributed by atoms with Gasteiger partial charge in [0.25, 0.3) is 0 Å². The SMILES string of the molecule is CC(CN(C)C)Nc1ccc(Cl)nn1. The van der Waals surface area contributed by atoms with E-state index in [-0.39, 0.29) is 0 Å². The first kappa shape index (κ1) is 11.2. The molecule has 5 heteroatoms. The van der Waals surface area contributed by atoms with Gasteiger partial charge in [0.05, 0.1) is 0 Å². The molecule has 0 aromatic carbocycles. The van der Waals surface area contributed by atoms with Crippen LogP contribution in [0.25, 0.3) is 0 Å². The first-order valence-corrected chi connectivity index (χ1v) is 4.86. The van der Waals surface area contributed by atoms with Gasteiger partial charge in [-0.3, -0.25) is 0 Å². The zero-order valence-electron chi connectivity index (χ0n) is 8.66. The number of halogens is 1. The number of anilines is 1. The van der Waals surface area contributed by atoms with E-state index in [1.807, 2.05) is 20.2 Å². The molecule has 1 heterocycles. The second-order valence-electron chi connectivity index (χ2n) is 3.55. The van der Waals surface area contributed by atoms with Gasteiger partial charge in [-0.25, -0.2) is 0 Å². The molecular formula is C9H15ClN4. The van der Waals surface area contributed by atoms with Crippen LogP contribution < -0.4 is 5.32 Å². The number of rotatable bonds is 4. The average molecular weight is 215 g/mol. The molecule has 0 spiro atoms. The highest BCUT2D eigenvalue weighted by Crippen LogP contribution is 2.07. The van der Waals surface area contributed by atoms with E-state index in [0.29, 0.717) is 11.2 Å². The Labute approximate surface area is 89.3 Å². The Kier molecular flexibility index (Phi) is 4.10. The third kappa shape index (κ3) is 3.89. The van der Waals surface area contributed by atoms with E-state index < -0.39 is 0 Å². The van der Waals surface area contributed by atoms with Crippen molar-refractivity contribution in [1.82, 2.24) is 15.1 Å². The molecule has 1 aromatic rings. The summed E-state index contributed by atoms with van der Waals surface area (Å²) < 4.78 is 0. The van der Waals surface area contributed by atoms with Crippen molar-refractivity contribution in [3.63, 3.8) is 0 Å². The van der Waals surface area contributed by atoms with Crippen LogP contribution >= 0.6 is 11.6 Å². The van der Waals surface area contributed by atoms with E-state index in [1.54, 1.807) is 6.07 Å². The van der Waals surface area contributed by atoms with E-state index in [9.17, 15) is 0 Å². The molecule has 0 radical (unpaired) electrons. The molecule has 1 rings (SSSR count). The second-order valence-corrected chi connectivity index (χ2v) is 3.94. The van der Waals surface area contributed by atoms with Crippen LogP contribution in [0, 0.1) is 0 Å². The average Bonchev–Trinajstić information content (AvgIpc) is 2.07. The zero-order chi connectivity index (χ0) is 10.6. The topological polar surface area (TPSA) is 41.0 Å². The Bertz CT molecular complexity index is 273. The lowest BCUT2D eigenvalue weighted by Gasteiger charge is -2.18. The third-order valence-electron chi connectivity index (χ3n) is 1.67. The normalized spacial score (nSPS) is 12.9. The highest BCUT2D eigenvalue weighted by molar-refractivity contribution is 6.29. The van der Waals surface area contributed by atoms with Gasteiger partial charge in [-0.1, -0.05) is 11.6 Å². The van der Waals surface area contributed by atoms with Crippen molar-refractivity contribution in [3.05, 3.63) is 17.3 Å². The van der Waals surface area contributed by atoms with Crippen molar-refractivity contribution < 1.29 is 0 Å². The van der Waals surface area contributed by atoms with Crippen LogP contribution in [0.4, 0.5) is 5.82 Å². The smallest absolute Gasteiger partial charge is 0.151 e. The molecule has 0 fully saturated rings. The molecule has 1 atom stereocenters. The van der Waals surface area contributed by atoms with Crippen LogP contribution in [0.3, 0.4) is 0 Å². The van der Waals surface area contributed by atoms with Gasteiger partial charge in [0.15, 0.2) is 5.15 Å². The minimum atomic E-state index is 0.334. The van der Waals surface area contributed by atoms with Crippen molar-refractivity contribution in [3.8, 4) is 0 Å². The monoisotopic (exact) mass is 214 g/mol. The van der Waals surface area contributed by atoms with Crippen molar-refractivity contribution in [1.29, 1.82) is 0 Å². The fraction of sp³-hybridized carbons (Fsp3) is 0.556. The maximum atomic E-state index is 5.62. The summed E-state index contributed by atoms with van der Waals surface area (Å²) in [6, 6.07) is 3.88. The second kappa shape index (κ2) is 5.12. The highest BCUT2D eigenvalue weighted by Gasteiger charge is 2.03. The van der Waals surface area contributed by atoms with Gasteiger partial charge >= 0.3 is 0 Å². The molecule has 0 amide bonds. The van der Waals surface area contributed by atoms with Crippen molar-refractivity contribution in [2.45, 2.75) is 13.0 Å². The molecule has 0 aliphatic carbocycles. The lowest BCUT2D eigenvalue weighted by molar-refractivity contribution is 0.392. The Hall–Kier alpha value is -0.870. The molecule has 0 aliphatic rings. The summed E-state index contributed by atoms with van der Waals surface area (Å²) in [4.78, 5) is 2.11. The lowest BCUT2D eigenvalue weighted by Crippen LogP contribution is -2.29. The minimum absolute atomic E-state index is 0.334. The first-order valence-electron chi connectivity index (χ1n) is 4.48. The Morgan fingerprint density at radius 2 is 2.14 bits per heavy atom. The largest absolute Gasteiger partial charge is 0.365 e. The van der Waals surface area contributed by atoms with Gasteiger partial charge in [-0.15, -0.1) is 10.2 Å². The summed E-state index contributed by atoms with van der Waals surface area (Å²) in [5.41, 5.74) is 0. The quantitative estimate of drug-likeness (QED) is 0.825. The van der Waals surface area contributed by atoms with E-state index in [1.165, 1.54) is 0 Å². The maximum Gasteiger partial charge on any atom is 0.151 e. The van der Waals surface area contributed by atoms with E-state index in [2.05, 4.69) is 27.3 Å². The molecule has 0 saturated heterocycles. The molecule has 0 aliphatic heterocycles. The predicted molar refractivity (Wildman–Crippen MR) is 58.7 cm³/mol. The van der Waals surface area contributed by atoms with Gasteiger partial charge in [0.2, 0.25) is 0 Å². The molecule has 1 unspecified atom stereocenters. The molecule has 0 saturated carbocycles. The number of aromatic nitrogens is 2.